The molecular formula is C30H33BrFN3O6S. The second kappa shape index (κ2) is 13.6. The van der Waals surface area contributed by atoms with Gasteiger partial charge in [0.2, 0.25) is 11.8 Å². The Hall–Kier alpha value is -3.64. The Morgan fingerprint density at radius 3 is 2.36 bits per heavy atom. The second-order valence-electron chi connectivity index (χ2n) is 9.94. The first-order valence-corrected chi connectivity index (χ1v) is 15.7. The van der Waals surface area contributed by atoms with Crippen molar-refractivity contribution in [2.75, 3.05) is 24.1 Å². The lowest BCUT2D eigenvalue weighted by atomic mass is 10.1. The van der Waals surface area contributed by atoms with Crippen LogP contribution in [0.5, 0.6) is 11.5 Å². The van der Waals surface area contributed by atoms with Crippen LogP contribution in [-0.2, 0) is 26.2 Å². The summed E-state index contributed by atoms with van der Waals surface area (Å²) in [6.07, 6.45) is 0.699. The van der Waals surface area contributed by atoms with E-state index in [1.54, 1.807) is 6.92 Å². The Kier molecular flexibility index (Phi) is 10.1. The molecule has 2 amide bonds. The van der Waals surface area contributed by atoms with Gasteiger partial charge in [-0.15, -0.1) is 0 Å². The van der Waals surface area contributed by atoms with Gasteiger partial charge >= 0.3 is 0 Å². The molecule has 3 aromatic rings. The van der Waals surface area contributed by atoms with Crippen LogP contribution in [0.25, 0.3) is 0 Å². The minimum absolute atomic E-state index is 0.0503. The number of sulfonamides is 1. The minimum atomic E-state index is -4.36. The van der Waals surface area contributed by atoms with E-state index < -0.39 is 34.3 Å². The highest BCUT2D eigenvalue weighted by atomic mass is 79.9. The maximum Gasteiger partial charge on any atom is 0.264 e. The smallest absolute Gasteiger partial charge is 0.264 e. The number of nitrogens with zero attached hydrogens (tertiary/aromatic N) is 2. The van der Waals surface area contributed by atoms with Crippen LogP contribution in [-0.4, -0.2) is 57.0 Å². The third kappa shape index (κ3) is 7.40. The fourth-order valence-corrected chi connectivity index (χ4v) is 6.20. The van der Waals surface area contributed by atoms with Crippen molar-refractivity contribution in [3.8, 4) is 11.5 Å². The molecule has 1 aliphatic heterocycles. The van der Waals surface area contributed by atoms with Crippen molar-refractivity contribution in [2.24, 2.45) is 0 Å². The predicted octanol–water partition coefficient (Wildman–Crippen LogP) is 4.89. The number of benzene rings is 3. The number of fused-ring (bicyclic) bond motifs is 1. The van der Waals surface area contributed by atoms with E-state index in [1.807, 2.05) is 38.1 Å². The van der Waals surface area contributed by atoms with Gasteiger partial charge < -0.3 is 19.7 Å². The lowest BCUT2D eigenvalue weighted by Gasteiger charge is -2.32. The van der Waals surface area contributed by atoms with Crippen LogP contribution >= 0.6 is 15.9 Å². The molecule has 9 nitrogen and oxygen atoms in total. The quantitative estimate of drug-likeness (QED) is 0.314. The molecule has 0 saturated carbocycles. The molecule has 3 aromatic carbocycles. The number of carbonyl (C=O) groups is 2. The van der Waals surface area contributed by atoms with Crippen molar-refractivity contribution in [2.45, 2.75) is 50.7 Å². The molecule has 0 bridgehead atoms. The molecule has 4 rings (SSSR count). The van der Waals surface area contributed by atoms with Crippen LogP contribution in [0.3, 0.4) is 0 Å². The van der Waals surface area contributed by atoms with Crippen molar-refractivity contribution in [1.82, 2.24) is 10.2 Å². The SMILES string of the molecule is CCC(C)NC(=O)C(C)N(Cc1cccc(Br)c1)C(=O)CN(c1ccc(F)cc1)S(=O)(=O)c1ccc2c(c1)OCCO2. The number of halogens is 2. The van der Waals surface area contributed by atoms with Crippen LogP contribution < -0.4 is 19.1 Å². The van der Waals surface area contributed by atoms with E-state index in [4.69, 9.17) is 9.47 Å². The Morgan fingerprint density at radius 1 is 1.00 bits per heavy atom. The molecular weight excluding hydrogens is 629 g/mol. The van der Waals surface area contributed by atoms with Gasteiger partial charge in [-0.05, 0) is 74.4 Å². The van der Waals surface area contributed by atoms with Gasteiger partial charge in [0.1, 0.15) is 31.6 Å². The second-order valence-corrected chi connectivity index (χ2v) is 12.7. The first-order valence-electron chi connectivity index (χ1n) is 13.5. The van der Waals surface area contributed by atoms with Gasteiger partial charge in [-0.3, -0.25) is 13.9 Å². The van der Waals surface area contributed by atoms with Gasteiger partial charge in [0.25, 0.3) is 10.0 Å². The van der Waals surface area contributed by atoms with Crippen molar-refractivity contribution < 1.29 is 31.9 Å². The zero-order valence-electron chi connectivity index (χ0n) is 23.5. The average Bonchev–Trinajstić information content (AvgIpc) is 2.98. The molecule has 0 radical (unpaired) electrons. The van der Waals surface area contributed by atoms with Gasteiger partial charge in [0, 0.05) is 23.1 Å². The molecule has 2 atom stereocenters. The van der Waals surface area contributed by atoms with E-state index in [1.165, 1.54) is 35.2 Å². The van der Waals surface area contributed by atoms with E-state index in [0.29, 0.717) is 18.8 Å². The normalized spacial score (nSPS) is 14.0. The monoisotopic (exact) mass is 661 g/mol. The first kappa shape index (κ1) is 31.3. The van der Waals surface area contributed by atoms with E-state index in [9.17, 15) is 22.4 Å². The average molecular weight is 663 g/mol. The summed E-state index contributed by atoms with van der Waals surface area (Å²) in [5.41, 5.74) is 0.822. The number of carbonyl (C=O) groups excluding carboxylic acids is 2. The summed E-state index contributed by atoms with van der Waals surface area (Å²) in [5.74, 6) is -0.874. The molecule has 42 heavy (non-hydrogen) atoms. The lowest BCUT2D eigenvalue weighted by molar-refractivity contribution is -0.139. The van der Waals surface area contributed by atoms with Gasteiger partial charge in [0.15, 0.2) is 11.5 Å². The van der Waals surface area contributed by atoms with Crippen LogP contribution in [0.4, 0.5) is 10.1 Å². The standard InChI is InChI=1S/C30H33BrFN3O6S/c1-4-20(2)33-30(37)21(3)34(18-22-6-5-7-23(31)16-22)29(36)19-35(25-10-8-24(32)9-11-25)42(38,39)26-12-13-27-28(17-26)41-15-14-40-27/h5-13,16-17,20-21H,4,14-15,18-19H2,1-3H3,(H,33,37). The fraction of sp³-hybridized carbons (Fsp3) is 0.333. The van der Waals surface area contributed by atoms with E-state index in [2.05, 4.69) is 21.2 Å². The number of nitrogens with one attached hydrogen (secondary N) is 1. The van der Waals surface area contributed by atoms with Crippen LogP contribution in [0.15, 0.2) is 76.1 Å². The Labute approximate surface area is 253 Å². The lowest BCUT2D eigenvalue weighted by Crippen LogP contribution is -2.52. The maximum atomic E-state index is 14.0. The molecule has 224 valence electrons. The summed E-state index contributed by atoms with van der Waals surface area (Å²) < 4.78 is 54.7. The van der Waals surface area contributed by atoms with Crippen LogP contribution in [0.1, 0.15) is 32.8 Å². The molecule has 1 N–H and O–H groups in total. The molecule has 12 heteroatoms. The summed E-state index contributed by atoms with van der Waals surface area (Å²) in [6.45, 7) is 5.41. The summed E-state index contributed by atoms with van der Waals surface area (Å²) >= 11 is 3.43. The summed E-state index contributed by atoms with van der Waals surface area (Å²) in [6, 6.07) is 15.3. The molecule has 0 aliphatic carbocycles. The largest absolute Gasteiger partial charge is 0.486 e. The zero-order valence-corrected chi connectivity index (χ0v) is 26.0. The molecule has 0 spiro atoms. The van der Waals surface area contributed by atoms with Crippen molar-refractivity contribution in [3.63, 3.8) is 0 Å². The minimum Gasteiger partial charge on any atom is -0.486 e. The number of rotatable bonds is 11. The van der Waals surface area contributed by atoms with Crippen molar-refractivity contribution in [1.29, 1.82) is 0 Å². The number of ether oxygens (including phenoxy) is 2. The van der Waals surface area contributed by atoms with Crippen LogP contribution in [0.2, 0.25) is 0 Å². The molecule has 1 heterocycles. The third-order valence-corrected chi connectivity index (χ3v) is 9.17. The molecule has 2 unspecified atom stereocenters. The summed E-state index contributed by atoms with van der Waals surface area (Å²) in [5, 5.41) is 2.90. The Balaban J connectivity index is 1.72. The van der Waals surface area contributed by atoms with E-state index >= 15 is 0 Å². The number of hydrogen-bond donors (Lipinski definition) is 1. The number of hydrogen-bond acceptors (Lipinski definition) is 6. The zero-order chi connectivity index (χ0) is 30.4. The highest BCUT2D eigenvalue weighted by Gasteiger charge is 2.33. The first-order chi connectivity index (χ1) is 20.0. The third-order valence-electron chi connectivity index (χ3n) is 6.91. The number of amides is 2. The van der Waals surface area contributed by atoms with Crippen molar-refractivity contribution >= 4 is 43.5 Å². The molecule has 1 aliphatic rings. The molecule has 0 aromatic heterocycles. The fourth-order valence-electron chi connectivity index (χ4n) is 4.33. The Bertz CT molecular complexity index is 1540. The van der Waals surface area contributed by atoms with Gasteiger partial charge in [-0.25, -0.2) is 12.8 Å². The van der Waals surface area contributed by atoms with Crippen molar-refractivity contribution in [3.05, 3.63) is 82.6 Å². The maximum absolute atomic E-state index is 14.0. The van der Waals surface area contributed by atoms with Gasteiger partial charge in [-0.2, -0.15) is 0 Å². The summed E-state index contributed by atoms with van der Waals surface area (Å²) in [4.78, 5) is 28.4. The molecule has 0 fully saturated rings. The van der Waals surface area contributed by atoms with Crippen LogP contribution in [0, 0.1) is 5.82 Å². The summed E-state index contributed by atoms with van der Waals surface area (Å²) in [7, 11) is -4.36. The topological polar surface area (TPSA) is 105 Å². The number of anilines is 1. The highest BCUT2D eigenvalue weighted by Crippen LogP contribution is 2.34. The Morgan fingerprint density at radius 2 is 1.69 bits per heavy atom. The van der Waals surface area contributed by atoms with E-state index in [-0.39, 0.29) is 41.4 Å². The van der Waals surface area contributed by atoms with E-state index in [0.717, 1.165) is 26.5 Å². The predicted molar refractivity (Wildman–Crippen MR) is 160 cm³/mol. The van der Waals surface area contributed by atoms with Gasteiger partial charge in [-0.1, -0.05) is 35.0 Å². The van der Waals surface area contributed by atoms with Gasteiger partial charge in [0.05, 0.1) is 10.6 Å². The molecule has 0 saturated heterocycles. The highest BCUT2D eigenvalue weighted by molar-refractivity contribution is 9.10.